The predicted octanol–water partition coefficient (Wildman–Crippen LogP) is 4.17. The second-order valence-electron chi connectivity index (χ2n) is 5.28. The van der Waals surface area contributed by atoms with Crippen LogP contribution in [0.5, 0.6) is 0 Å². The van der Waals surface area contributed by atoms with Gasteiger partial charge < -0.3 is 13.9 Å². The van der Waals surface area contributed by atoms with Crippen molar-refractivity contribution in [2.75, 3.05) is 7.11 Å². The van der Waals surface area contributed by atoms with Crippen LogP contribution in [0, 0.1) is 6.92 Å². The molecule has 0 spiro atoms. The summed E-state index contributed by atoms with van der Waals surface area (Å²) in [7, 11) is 1.49. The van der Waals surface area contributed by atoms with E-state index in [1.54, 1.807) is 0 Å². The topological polar surface area (TPSA) is 48.7 Å². The molecule has 0 amide bonds. The van der Waals surface area contributed by atoms with E-state index in [0.29, 0.717) is 5.76 Å². The molecule has 0 aliphatic rings. The van der Waals surface area contributed by atoms with E-state index in [0.717, 1.165) is 22.1 Å². The van der Waals surface area contributed by atoms with Crippen molar-refractivity contribution in [2.24, 2.45) is 0 Å². The summed E-state index contributed by atoms with van der Waals surface area (Å²) in [6.07, 6.45) is -0.735. The standard InChI is InChI=1S/C19H18O4/c1-13-15-10-6-7-11-16(15)23-17(13)12-22-19(20)18(21-2)14-8-4-3-5-9-14/h3-11,18H,12H2,1-2H3. The molecule has 0 aliphatic heterocycles. The quantitative estimate of drug-likeness (QED) is 0.664. The second kappa shape index (κ2) is 6.67. The summed E-state index contributed by atoms with van der Waals surface area (Å²) in [6, 6.07) is 17.0. The highest BCUT2D eigenvalue weighted by atomic mass is 16.6. The molecular weight excluding hydrogens is 292 g/mol. The van der Waals surface area contributed by atoms with E-state index in [4.69, 9.17) is 13.9 Å². The molecule has 1 heterocycles. The van der Waals surface area contributed by atoms with E-state index in [1.165, 1.54) is 7.11 Å². The molecule has 0 N–H and O–H groups in total. The average molecular weight is 310 g/mol. The SMILES string of the molecule is COC(C(=O)OCc1oc2ccccc2c1C)c1ccccc1. The lowest BCUT2D eigenvalue weighted by Gasteiger charge is -2.14. The Balaban J connectivity index is 1.73. The third kappa shape index (κ3) is 3.12. The largest absolute Gasteiger partial charge is 0.457 e. The van der Waals surface area contributed by atoms with Gasteiger partial charge in [-0.25, -0.2) is 4.79 Å². The predicted molar refractivity (Wildman–Crippen MR) is 86.9 cm³/mol. The lowest BCUT2D eigenvalue weighted by molar-refractivity contribution is -0.157. The van der Waals surface area contributed by atoms with Crippen molar-refractivity contribution in [3.8, 4) is 0 Å². The Bertz CT molecular complexity index is 805. The van der Waals surface area contributed by atoms with Crippen LogP contribution >= 0.6 is 0 Å². The van der Waals surface area contributed by atoms with Gasteiger partial charge in [0, 0.05) is 18.1 Å². The van der Waals surface area contributed by atoms with E-state index in [2.05, 4.69) is 0 Å². The number of carbonyl (C=O) groups is 1. The van der Waals surface area contributed by atoms with Crippen LogP contribution in [0.3, 0.4) is 0 Å². The number of rotatable bonds is 5. The number of furan rings is 1. The summed E-state index contributed by atoms with van der Waals surface area (Å²) >= 11 is 0. The van der Waals surface area contributed by atoms with Crippen LogP contribution < -0.4 is 0 Å². The Labute approximate surface area is 134 Å². The second-order valence-corrected chi connectivity index (χ2v) is 5.28. The van der Waals surface area contributed by atoms with E-state index < -0.39 is 12.1 Å². The van der Waals surface area contributed by atoms with E-state index >= 15 is 0 Å². The number of benzene rings is 2. The summed E-state index contributed by atoms with van der Waals surface area (Å²) in [5.74, 6) is 0.223. The highest BCUT2D eigenvalue weighted by Gasteiger charge is 2.22. The zero-order valence-electron chi connectivity index (χ0n) is 13.1. The minimum absolute atomic E-state index is 0.0893. The molecule has 1 atom stereocenters. The van der Waals surface area contributed by atoms with Crippen molar-refractivity contribution in [1.29, 1.82) is 0 Å². The maximum atomic E-state index is 12.3. The summed E-state index contributed by atoms with van der Waals surface area (Å²) in [6.45, 7) is 2.05. The molecule has 3 aromatic rings. The average Bonchev–Trinajstić information content (AvgIpc) is 2.91. The summed E-state index contributed by atoms with van der Waals surface area (Å²) < 4.78 is 16.4. The Hall–Kier alpha value is -2.59. The van der Waals surface area contributed by atoms with Crippen molar-refractivity contribution < 1.29 is 18.7 Å². The molecule has 0 aliphatic carbocycles. The summed E-state index contributed by atoms with van der Waals surface area (Å²) in [5, 5.41) is 1.03. The first-order valence-corrected chi connectivity index (χ1v) is 7.42. The van der Waals surface area contributed by atoms with Gasteiger partial charge in [0.15, 0.2) is 6.10 Å². The maximum absolute atomic E-state index is 12.3. The van der Waals surface area contributed by atoms with E-state index in [9.17, 15) is 4.79 Å². The monoisotopic (exact) mass is 310 g/mol. The molecule has 3 rings (SSSR count). The van der Waals surface area contributed by atoms with Gasteiger partial charge in [-0.2, -0.15) is 0 Å². The van der Waals surface area contributed by atoms with Crippen molar-refractivity contribution >= 4 is 16.9 Å². The highest BCUT2D eigenvalue weighted by molar-refractivity contribution is 5.82. The number of hydrogen-bond donors (Lipinski definition) is 0. The fourth-order valence-corrected chi connectivity index (χ4v) is 2.57. The van der Waals surface area contributed by atoms with Gasteiger partial charge in [0.2, 0.25) is 0 Å². The molecule has 2 aromatic carbocycles. The van der Waals surface area contributed by atoms with Gasteiger partial charge in [-0.1, -0.05) is 48.5 Å². The molecule has 0 saturated heterocycles. The van der Waals surface area contributed by atoms with Gasteiger partial charge in [0.1, 0.15) is 18.0 Å². The van der Waals surface area contributed by atoms with Gasteiger partial charge in [-0.15, -0.1) is 0 Å². The number of carbonyl (C=O) groups excluding carboxylic acids is 1. The maximum Gasteiger partial charge on any atom is 0.340 e. The van der Waals surface area contributed by atoms with Crippen molar-refractivity contribution in [1.82, 2.24) is 0 Å². The van der Waals surface area contributed by atoms with Crippen molar-refractivity contribution in [3.63, 3.8) is 0 Å². The van der Waals surface area contributed by atoms with Gasteiger partial charge >= 0.3 is 5.97 Å². The molecule has 4 nitrogen and oxygen atoms in total. The Morgan fingerprint density at radius 2 is 1.78 bits per heavy atom. The summed E-state index contributed by atoms with van der Waals surface area (Å²) in [5.41, 5.74) is 2.55. The molecule has 23 heavy (non-hydrogen) atoms. The lowest BCUT2D eigenvalue weighted by Crippen LogP contribution is -2.17. The minimum atomic E-state index is -0.735. The highest BCUT2D eigenvalue weighted by Crippen LogP contribution is 2.26. The Kier molecular flexibility index (Phi) is 4.44. The van der Waals surface area contributed by atoms with Gasteiger partial charge in [0.05, 0.1) is 0 Å². The molecule has 118 valence electrons. The number of hydrogen-bond acceptors (Lipinski definition) is 4. The van der Waals surface area contributed by atoms with Crippen LogP contribution in [-0.4, -0.2) is 13.1 Å². The Morgan fingerprint density at radius 1 is 1.09 bits per heavy atom. The molecule has 4 heteroatoms. The van der Waals surface area contributed by atoms with Crippen LogP contribution in [0.25, 0.3) is 11.0 Å². The molecule has 0 bridgehead atoms. The normalized spacial score (nSPS) is 12.3. The van der Waals surface area contributed by atoms with E-state index in [-0.39, 0.29) is 6.61 Å². The van der Waals surface area contributed by atoms with Gasteiger partial charge in [-0.05, 0) is 18.6 Å². The number of esters is 1. The molecule has 0 radical (unpaired) electrons. The van der Waals surface area contributed by atoms with Gasteiger partial charge in [-0.3, -0.25) is 0 Å². The first kappa shape index (κ1) is 15.3. The number of fused-ring (bicyclic) bond motifs is 1. The Morgan fingerprint density at radius 3 is 2.48 bits per heavy atom. The van der Waals surface area contributed by atoms with Crippen molar-refractivity contribution in [3.05, 3.63) is 71.5 Å². The molecular formula is C19H18O4. The molecule has 1 unspecified atom stereocenters. The molecule has 0 fully saturated rings. The minimum Gasteiger partial charge on any atom is -0.457 e. The molecule has 1 aromatic heterocycles. The first-order chi connectivity index (χ1) is 11.2. The first-order valence-electron chi connectivity index (χ1n) is 7.42. The zero-order chi connectivity index (χ0) is 16.2. The lowest BCUT2D eigenvalue weighted by atomic mass is 10.1. The van der Waals surface area contributed by atoms with Crippen LogP contribution in [-0.2, 0) is 20.9 Å². The van der Waals surface area contributed by atoms with Crippen LogP contribution in [0.2, 0.25) is 0 Å². The number of methoxy groups -OCH3 is 1. The van der Waals surface area contributed by atoms with E-state index in [1.807, 2.05) is 61.5 Å². The van der Waals surface area contributed by atoms with Crippen LogP contribution in [0.15, 0.2) is 59.0 Å². The fourth-order valence-electron chi connectivity index (χ4n) is 2.57. The summed E-state index contributed by atoms with van der Waals surface area (Å²) in [4.78, 5) is 12.3. The number of para-hydroxylation sites is 1. The smallest absolute Gasteiger partial charge is 0.340 e. The zero-order valence-corrected chi connectivity index (χ0v) is 13.1. The third-order valence-electron chi connectivity index (χ3n) is 3.84. The number of ether oxygens (including phenoxy) is 2. The number of aryl methyl sites for hydroxylation is 1. The van der Waals surface area contributed by atoms with Crippen LogP contribution in [0.1, 0.15) is 23.0 Å². The third-order valence-corrected chi connectivity index (χ3v) is 3.84. The van der Waals surface area contributed by atoms with Crippen LogP contribution in [0.4, 0.5) is 0 Å². The van der Waals surface area contributed by atoms with Gasteiger partial charge in [0.25, 0.3) is 0 Å². The van der Waals surface area contributed by atoms with Crippen molar-refractivity contribution in [2.45, 2.75) is 19.6 Å². The molecule has 0 saturated carbocycles. The fraction of sp³-hybridized carbons (Fsp3) is 0.211.